The van der Waals surface area contributed by atoms with Gasteiger partial charge in [-0.05, 0) is 24.6 Å². The normalized spacial score (nSPS) is 13.3. The van der Waals surface area contributed by atoms with E-state index in [1.807, 2.05) is 55.1 Å². The van der Waals surface area contributed by atoms with Gasteiger partial charge in [-0.15, -0.1) is 0 Å². The van der Waals surface area contributed by atoms with Crippen LogP contribution in [0.3, 0.4) is 0 Å². The molecule has 3 aromatic rings. The molecule has 0 bridgehead atoms. The van der Waals surface area contributed by atoms with Crippen LogP contribution in [0, 0.1) is 6.92 Å². The Morgan fingerprint density at radius 2 is 1.97 bits per heavy atom. The van der Waals surface area contributed by atoms with Gasteiger partial charge in [-0.1, -0.05) is 44.5 Å². The Balaban J connectivity index is 1.69. The second kappa shape index (κ2) is 8.31. The lowest BCUT2D eigenvalue weighted by Gasteiger charge is -2.17. The first-order valence-electron chi connectivity index (χ1n) is 10.3. The maximum absolute atomic E-state index is 13.0. The summed E-state index contributed by atoms with van der Waals surface area (Å²) in [6, 6.07) is 7.70. The average Bonchev–Trinajstić information content (AvgIpc) is 2.76. The first-order valence-corrected chi connectivity index (χ1v) is 10.6. The molecule has 7 nitrogen and oxygen atoms in total. The summed E-state index contributed by atoms with van der Waals surface area (Å²) in [6.07, 6.45) is 7.05. The molecule has 0 radical (unpaired) electrons. The first kappa shape index (κ1) is 21.9. The average molecular weight is 451 g/mol. The van der Waals surface area contributed by atoms with Gasteiger partial charge in [0, 0.05) is 17.2 Å². The number of benzene rings is 1. The van der Waals surface area contributed by atoms with E-state index in [0.717, 1.165) is 28.4 Å². The molecule has 3 heterocycles. The van der Waals surface area contributed by atoms with Crippen molar-refractivity contribution in [3.05, 3.63) is 75.8 Å². The Hall–Kier alpha value is -3.32. The molecule has 1 aliphatic heterocycles. The fourth-order valence-corrected chi connectivity index (χ4v) is 3.41. The number of hydrogen-bond donors (Lipinski definition) is 0. The van der Waals surface area contributed by atoms with Crippen LogP contribution in [0.4, 0.5) is 0 Å². The highest BCUT2D eigenvalue weighted by Crippen LogP contribution is 2.26. The molecule has 0 spiro atoms. The van der Waals surface area contributed by atoms with Gasteiger partial charge in [0.2, 0.25) is 11.6 Å². The summed E-state index contributed by atoms with van der Waals surface area (Å²) in [6.45, 7) is 8.44. The minimum Gasteiger partial charge on any atom is -0.465 e. The maximum Gasteiger partial charge on any atom is 0.280 e. The molecule has 0 fully saturated rings. The van der Waals surface area contributed by atoms with Crippen molar-refractivity contribution < 1.29 is 9.31 Å². The van der Waals surface area contributed by atoms with E-state index in [1.165, 1.54) is 10.9 Å². The highest BCUT2D eigenvalue weighted by atomic mass is 35.5. The summed E-state index contributed by atoms with van der Waals surface area (Å²) in [5.74, 6) is 0.874. The van der Waals surface area contributed by atoms with E-state index in [-0.39, 0.29) is 16.3 Å². The summed E-state index contributed by atoms with van der Waals surface area (Å²) in [7, 11) is 1.92. The van der Waals surface area contributed by atoms with Gasteiger partial charge in [0.15, 0.2) is 17.8 Å². The molecule has 0 aliphatic carbocycles. The van der Waals surface area contributed by atoms with Gasteiger partial charge in [-0.3, -0.25) is 9.36 Å². The number of aryl methyl sites for hydroxylation is 1. The molecule has 4 rings (SSSR count). The van der Waals surface area contributed by atoms with Gasteiger partial charge in [0.05, 0.1) is 17.5 Å². The van der Waals surface area contributed by atoms with Crippen LogP contribution in [-0.2, 0) is 5.41 Å². The summed E-state index contributed by atoms with van der Waals surface area (Å²) in [4.78, 5) is 26.4. The predicted molar refractivity (Wildman–Crippen MR) is 125 cm³/mol. The minimum absolute atomic E-state index is 0.0547. The second-order valence-electron chi connectivity index (χ2n) is 8.76. The number of hydrogen-bond acceptors (Lipinski definition) is 5. The molecule has 0 saturated heterocycles. The van der Waals surface area contributed by atoms with Crippen molar-refractivity contribution in [3.63, 3.8) is 0 Å². The number of aromatic nitrogens is 4. The molecule has 0 amide bonds. The number of rotatable bonds is 5. The third-order valence-electron chi connectivity index (χ3n) is 5.28. The molecule has 1 aromatic carbocycles. The summed E-state index contributed by atoms with van der Waals surface area (Å²) in [5, 5.41) is -0.0547. The Morgan fingerprint density at radius 1 is 1.19 bits per heavy atom. The van der Waals surface area contributed by atoms with Gasteiger partial charge in [-0.25, -0.2) is 19.5 Å². The van der Waals surface area contributed by atoms with Crippen molar-refractivity contribution in [1.82, 2.24) is 19.5 Å². The van der Waals surface area contributed by atoms with Gasteiger partial charge < -0.3 is 4.74 Å². The van der Waals surface area contributed by atoms with Gasteiger partial charge in [-0.2, -0.15) is 0 Å². The molecule has 0 N–H and O–H groups in total. The molecule has 2 aromatic heterocycles. The Kier molecular flexibility index (Phi) is 5.69. The number of halogens is 1. The lowest BCUT2D eigenvalue weighted by atomic mass is 9.95. The summed E-state index contributed by atoms with van der Waals surface area (Å²) in [5.41, 5.74) is 3.67. The summed E-state index contributed by atoms with van der Waals surface area (Å²) < 4.78 is 9.01. The van der Waals surface area contributed by atoms with E-state index in [0.29, 0.717) is 12.3 Å². The lowest BCUT2D eigenvalue weighted by Crippen LogP contribution is -2.26. The molecular weight excluding hydrogens is 426 g/mol. The van der Waals surface area contributed by atoms with E-state index < -0.39 is 5.56 Å². The molecule has 164 valence electrons. The van der Waals surface area contributed by atoms with Crippen molar-refractivity contribution >= 4 is 17.3 Å². The van der Waals surface area contributed by atoms with Crippen LogP contribution in [0.5, 0.6) is 5.88 Å². The standard InChI is InChI=1S/C24H25ClN5O2/c1-15-6-7-16(18-8-10-26-23(28-18)24(2,3)4)12-19(15)30-14-27-21(20(25)22(30)31)32-13-17-9-11-29(17)5/h6-12,14H,13H2,1-5H3/q+1. The van der Waals surface area contributed by atoms with Crippen molar-refractivity contribution in [2.45, 2.75) is 33.1 Å². The van der Waals surface area contributed by atoms with Crippen molar-refractivity contribution in [1.29, 1.82) is 0 Å². The molecule has 8 heteroatoms. The van der Waals surface area contributed by atoms with Crippen LogP contribution in [0.1, 0.15) is 32.2 Å². The quantitative estimate of drug-likeness (QED) is 0.550. The molecular formula is C24H25ClN5O2+. The highest BCUT2D eigenvalue weighted by Gasteiger charge is 2.20. The monoisotopic (exact) mass is 450 g/mol. The molecule has 0 atom stereocenters. The number of nitrogens with zero attached hydrogens (tertiary/aromatic N) is 5. The Bertz CT molecular complexity index is 1320. The fourth-order valence-electron chi connectivity index (χ4n) is 3.22. The van der Waals surface area contributed by atoms with Gasteiger partial charge in [0.1, 0.15) is 19.2 Å². The van der Waals surface area contributed by atoms with Crippen molar-refractivity contribution in [2.75, 3.05) is 13.7 Å². The first-order chi connectivity index (χ1) is 15.1. The Morgan fingerprint density at radius 3 is 2.62 bits per heavy atom. The van der Waals surface area contributed by atoms with Crippen LogP contribution in [0.15, 0.2) is 53.9 Å². The Labute approximate surface area is 191 Å². The highest BCUT2D eigenvalue weighted by molar-refractivity contribution is 6.31. The van der Waals surface area contributed by atoms with E-state index in [9.17, 15) is 4.79 Å². The zero-order valence-electron chi connectivity index (χ0n) is 18.8. The van der Waals surface area contributed by atoms with Crippen LogP contribution in [0.25, 0.3) is 16.9 Å². The van der Waals surface area contributed by atoms with E-state index >= 15 is 0 Å². The van der Waals surface area contributed by atoms with Crippen LogP contribution >= 0.6 is 11.6 Å². The molecule has 1 aliphatic rings. The lowest BCUT2D eigenvalue weighted by molar-refractivity contribution is -0.434. The number of ether oxygens (including phenoxy) is 1. The predicted octanol–water partition coefficient (Wildman–Crippen LogP) is 3.94. The second-order valence-corrected chi connectivity index (χ2v) is 9.14. The van der Waals surface area contributed by atoms with Gasteiger partial charge >= 0.3 is 0 Å². The maximum atomic E-state index is 13.0. The largest absolute Gasteiger partial charge is 0.465 e. The zero-order chi connectivity index (χ0) is 23.0. The van der Waals surface area contributed by atoms with E-state index in [1.54, 1.807) is 6.20 Å². The smallest absolute Gasteiger partial charge is 0.280 e. The van der Waals surface area contributed by atoms with Crippen molar-refractivity contribution in [2.24, 2.45) is 0 Å². The third-order valence-corrected chi connectivity index (χ3v) is 5.60. The van der Waals surface area contributed by atoms with Crippen LogP contribution in [0.2, 0.25) is 5.02 Å². The van der Waals surface area contributed by atoms with E-state index in [4.69, 9.17) is 21.3 Å². The van der Waals surface area contributed by atoms with Crippen LogP contribution in [-0.4, -0.2) is 43.5 Å². The zero-order valence-corrected chi connectivity index (χ0v) is 19.5. The molecule has 32 heavy (non-hydrogen) atoms. The molecule has 0 unspecified atom stereocenters. The fraction of sp³-hybridized carbons (Fsp3) is 0.292. The van der Waals surface area contributed by atoms with Crippen molar-refractivity contribution in [3.8, 4) is 22.8 Å². The summed E-state index contributed by atoms with van der Waals surface area (Å²) >= 11 is 6.33. The topological polar surface area (TPSA) is 72.9 Å². The van der Waals surface area contributed by atoms with Gasteiger partial charge in [0.25, 0.3) is 5.56 Å². The van der Waals surface area contributed by atoms with E-state index in [2.05, 4.69) is 30.7 Å². The molecule has 0 saturated carbocycles. The minimum atomic E-state index is -0.391. The SMILES string of the molecule is Cc1ccc(-c2ccnc(C(C)(C)C)n2)cc1-n1cnc(OCC2=[N+](C)C=C2)c(Cl)c1=O. The van der Waals surface area contributed by atoms with Crippen LogP contribution < -0.4 is 10.3 Å². The third kappa shape index (κ3) is 4.21.